The molecule has 1 aliphatic heterocycles. The smallest absolute Gasteiger partial charge is 0.220 e. The van der Waals surface area contributed by atoms with E-state index in [1.54, 1.807) is 7.11 Å². The van der Waals surface area contributed by atoms with Gasteiger partial charge in [0.05, 0.1) is 7.11 Å². The summed E-state index contributed by atoms with van der Waals surface area (Å²) < 4.78 is 31.4. The molecule has 2 aromatic rings. The zero-order valence-electron chi connectivity index (χ0n) is 17.9. The van der Waals surface area contributed by atoms with Crippen LogP contribution in [-0.4, -0.2) is 37.6 Å². The van der Waals surface area contributed by atoms with Crippen LogP contribution in [0.4, 0.5) is 8.78 Å². The Morgan fingerprint density at radius 3 is 2.74 bits per heavy atom. The van der Waals surface area contributed by atoms with Crippen LogP contribution in [0.15, 0.2) is 48.5 Å². The number of piperidine rings is 1. The van der Waals surface area contributed by atoms with Crippen LogP contribution in [0, 0.1) is 17.6 Å². The first-order valence-electron chi connectivity index (χ1n) is 10.8. The number of carbonyl (C=O) groups excluding carboxylic acids is 1. The van der Waals surface area contributed by atoms with Crippen LogP contribution in [0.2, 0.25) is 0 Å². The van der Waals surface area contributed by atoms with E-state index in [9.17, 15) is 13.6 Å². The highest BCUT2D eigenvalue weighted by molar-refractivity contribution is 5.75. The van der Waals surface area contributed by atoms with Gasteiger partial charge in [0.1, 0.15) is 5.75 Å². The van der Waals surface area contributed by atoms with Crippen molar-refractivity contribution in [2.45, 2.75) is 32.2 Å². The number of nitrogens with zero attached hydrogens (tertiary/aromatic N) is 1. The summed E-state index contributed by atoms with van der Waals surface area (Å²) in [4.78, 5) is 14.6. The molecule has 31 heavy (non-hydrogen) atoms. The number of carbonyl (C=O) groups is 1. The molecule has 3 rings (SSSR count). The minimum atomic E-state index is -0.893. The Morgan fingerprint density at radius 1 is 1.19 bits per heavy atom. The van der Waals surface area contributed by atoms with Crippen molar-refractivity contribution < 1.29 is 18.3 Å². The molecule has 1 amide bonds. The third kappa shape index (κ3) is 7.47. The fourth-order valence-corrected chi connectivity index (χ4v) is 3.88. The standard InChI is InChI=1S/C25H30F2N2O2/c1-31-22-10-6-19(7-11-22)4-2-14-29-15-3-5-20(18-29)9-13-25(30)28-17-21-8-12-23(26)24(27)16-21/h2,4,6-8,10-12,16,20H,3,5,9,13-15,17-18H2,1H3,(H,28,30)/b4-2+. The van der Waals surface area contributed by atoms with Gasteiger partial charge in [0.2, 0.25) is 5.91 Å². The fraction of sp³-hybridized carbons (Fsp3) is 0.400. The lowest BCUT2D eigenvalue weighted by Crippen LogP contribution is -2.36. The van der Waals surface area contributed by atoms with Crippen LogP contribution in [0.25, 0.3) is 6.08 Å². The number of ether oxygens (including phenoxy) is 1. The summed E-state index contributed by atoms with van der Waals surface area (Å²) in [5.74, 6) is -0.478. The molecule has 1 atom stereocenters. The Balaban J connectivity index is 1.37. The summed E-state index contributed by atoms with van der Waals surface area (Å²) in [6.07, 6.45) is 7.85. The van der Waals surface area contributed by atoms with Gasteiger partial charge in [-0.25, -0.2) is 8.78 Å². The van der Waals surface area contributed by atoms with E-state index in [0.717, 1.165) is 62.3 Å². The van der Waals surface area contributed by atoms with Crippen LogP contribution in [0.1, 0.15) is 36.8 Å². The third-order valence-electron chi connectivity index (χ3n) is 5.65. The molecular weight excluding hydrogens is 398 g/mol. The van der Waals surface area contributed by atoms with E-state index in [1.807, 2.05) is 24.3 Å². The molecule has 6 heteroatoms. The van der Waals surface area contributed by atoms with Crippen molar-refractivity contribution in [3.63, 3.8) is 0 Å². The molecular formula is C25H30F2N2O2. The Morgan fingerprint density at radius 2 is 2.00 bits per heavy atom. The van der Waals surface area contributed by atoms with Gasteiger partial charge in [0.25, 0.3) is 0 Å². The minimum absolute atomic E-state index is 0.0544. The lowest BCUT2D eigenvalue weighted by molar-refractivity contribution is -0.121. The number of likely N-dealkylation sites (tertiary alicyclic amines) is 1. The summed E-state index contributed by atoms with van der Waals surface area (Å²) in [7, 11) is 1.66. The molecule has 1 saturated heterocycles. The average molecular weight is 429 g/mol. The summed E-state index contributed by atoms with van der Waals surface area (Å²) in [5, 5.41) is 2.80. The number of halogens is 2. The van der Waals surface area contributed by atoms with Gasteiger partial charge in [-0.2, -0.15) is 0 Å². The highest BCUT2D eigenvalue weighted by atomic mass is 19.2. The average Bonchev–Trinajstić information content (AvgIpc) is 2.79. The summed E-state index contributed by atoms with van der Waals surface area (Å²) in [6, 6.07) is 11.7. The highest BCUT2D eigenvalue weighted by Crippen LogP contribution is 2.21. The molecule has 1 aliphatic rings. The maximum Gasteiger partial charge on any atom is 0.220 e. The number of amides is 1. The summed E-state index contributed by atoms with van der Waals surface area (Å²) in [5.41, 5.74) is 1.70. The maximum absolute atomic E-state index is 13.2. The monoisotopic (exact) mass is 428 g/mol. The zero-order valence-corrected chi connectivity index (χ0v) is 17.9. The Bertz CT molecular complexity index is 884. The number of nitrogens with one attached hydrogen (secondary N) is 1. The van der Waals surface area contributed by atoms with Gasteiger partial charge in [0, 0.05) is 26.1 Å². The van der Waals surface area contributed by atoms with E-state index in [0.29, 0.717) is 17.9 Å². The lowest BCUT2D eigenvalue weighted by Gasteiger charge is -2.31. The molecule has 0 spiro atoms. The molecule has 1 unspecified atom stereocenters. The van der Waals surface area contributed by atoms with Gasteiger partial charge in [0.15, 0.2) is 11.6 Å². The normalized spacial score (nSPS) is 17.1. The molecule has 1 N–H and O–H groups in total. The van der Waals surface area contributed by atoms with Crippen LogP contribution >= 0.6 is 0 Å². The topological polar surface area (TPSA) is 41.6 Å². The van der Waals surface area contributed by atoms with E-state index in [-0.39, 0.29) is 12.5 Å². The van der Waals surface area contributed by atoms with Gasteiger partial charge >= 0.3 is 0 Å². The molecule has 0 aliphatic carbocycles. The van der Waals surface area contributed by atoms with E-state index in [4.69, 9.17) is 4.74 Å². The summed E-state index contributed by atoms with van der Waals surface area (Å²) in [6.45, 7) is 3.17. The second-order valence-electron chi connectivity index (χ2n) is 8.01. The van der Waals surface area contributed by atoms with Crippen molar-refractivity contribution in [2.75, 3.05) is 26.7 Å². The van der Waals surface area contributed by atoms with Crippen molar-refractivity contribution in [1.82, 2.24) is 10.2 Å². The summed E-state index contributed by atoms with van der Waals surface area (Å²) >= 11 is 0. The zero-order chi connectivity index (χ0) is 22.1. The van der Waals surface area contributed by atoms with E-state index in [2.05, 4.69) is 22.4 Å². The molecule has 0 bridgehead atoms. The molecule has 1 fully saturated rings. The molecule has 4 nitrogen and oxygen atoms in total. The number of benzene rings is 2. The van der Waals surface area contributed by atoms with Crippen molar-refractivity contribution >= 4 is 12.0 Å². The Hall–Kier alpha value is -2.73. The minimum Gasteiger partial charge on any atom is -0.497 e. The van der Waals surface area contributed by atoms with Crippen LogP contribution in [-0.2, 0) is 11.3 Å². The van der Waals surface area contributed by atoms with Crippen LogP contribution in [0.5, 0.6) is 5.75 Å². The SMILES string of the molecule is COc1ccc(/C=C/CN2CCCC(CCC(=O)NCc3ccc(F)c(F)c3)C2)cc1. The van der Waals surface area contributed by atoms with Gasteiger partial charge in [-0.15, -0.1) is 0 Å². The number of rotatable bonds is 9. The predicted molar refractivity (Wildman–Crippen MR) is 119 cm³/mol. The van der Waals surface area contributed by atoms with Gasteiger partial charge < -0.3 is 10.1 Å². The Labute approximate surface area is 182 Å². The number of hydrogen-bond donors (Lipinski definition) is 1. The van der Waals surface area contributed by atoms with Crippen LogP contribution < -0.4 is 10.1 Å². The predicted octanol–water partition coefficient (Wildman–Crippen LogP) is 4.80. The number of hydrogen-bond acceptors (Lipinski definition) is 3. The quantitative estimate of drug-likeness (QED) is 0.624. The molecule has 2 aromatic carbocycles. The first kappa shape index (κ1) is 22.9. The first-order valence-corrected chi connectivity index (χ1v) is 10.8. The second kappa shape index (κ2) is 11.6. The molecule has 1 heterocycles. The first-order chi connectivity index (χ1) is 15.0. The van der Waals surface area contributed by atoms with Crippen molar-refractivity contribution in [1.29, 1.82) is 0 Å². The third-order valence-corrected chi connectivity index (χ3v) is 5.65. The molecule has 0 radical (unpaired) electrons. The van der Waals surface area contributed by atoms with Gasteiger partial charge in [-0.3, -0.25) is 9.69 Å². The molecule has 166 valence electrons. The number of methoxy groups -OCH3 is 1. The second-order valence-corrected chi connectivity index (χ2v) is 8.01. The van der Waals surface area contributed by atoms with E-state index >= 15 is 0 Å². The fourth-order valence-electron chi connectivity index (χ4n) is 3.88. The molecule has 0 aromatic heterocycles. The van der Waals surface area contributed by atoms with Gasteiger partial charge in [-0.05, 0) is 67.1 Å². The highest BCUT2D eigenvalue weighted by Gasteiger charge is 2.19. The van der Waals surface area contributed by atoms with Gasteiger partial charge in [-0.1, -0.05) is 30.4 Å². The van der Waals surface area contributed by atoms with E-state index < -0.39 is 11.6 Å². The van der Waals surface area contributed by atoms with Crippen molar-refractivity contribution in [2.24, 2.45) is 5.92 Å². The molecule has 0 saturated carbocycles. The maximum atomic E-state index is 13.2. The lowest BCUT2D eigenvalue weighted by atomic mass is 9.93. The van der Waals surface area contributed by atoms with E-state index in [1.165, 1.54) is 6.07 Å². The largest absolute Gasteiger partial charge is 0.497 e. The van der Waals surface area contributed by atoms with Crippen molar-refractivity contribution in [3.05, 3.63) is 71.3 Å². The van der Waals surface area contributed by atoms with Crippen LogP contribution in [0.3, 0.4) is 0 Å². The Kier molecular flexibility index (Phi) is 8.59. The van der Waals surface area contributed by atoms with Crippen molar-refractivity contribution in [3.8, 4) is 5.75 Å².